The van der Waals surface area contributed by atoms with Crippen LogP contribution in [0.15, 0.2) is 30.5 Å². The summed E-state index contributed by atoms with van der Waals surface area (Å²) in [6.45, 7) is 0. The van der Waals surface area contributed by atoms with Crippen molar-refractivity contribution in [2.24, 2.45) is 0 Å². The smallest absolute Gasteiger partial charge is 0.131 e. The normalized spacial score (nSPS) is 10.5. The first-order valence-electron chi connectivity index (χ1n) is 4.00. The highest BCUT2D eigenvalue weighted by atomic mass is 79.9. The lowest BCUT2D eigenvalue weighted by Gasteiger charge is -2.02. The van der Waals surface area contributed by atoms with Crippen LogP contribution in [0.2, 0.25) is 0 Å². The van der Waals surface area contributed by atoms with Gasteiger partial charge in [0.1, 0.15) is 5.82 Å². The fourth-order valence-electron chi connectivity index (χ4n) is 1.32. The zero-order valence-corrected chi connectivity index (χ0v) is 8.58. The summed E-state index contributed by atoms with van der Waals surface area (Å²) in [7, 11) is 0. The minimum atomic E-state index is 0.598. The van der Waals surface area contributed by atoms with Gasteiger partial charge in [0.2, 0.25) is 0 Å². The number of halogens is 1. The second-order valence-electron chi connectivity index (χ2n) is 2.89. The molecule has 2 aromatic rings. The molecule has 0 radical (unpaired) electrons. The van der Waals surface area contributed by atoms with E-state index in [-0.39, 0.29) is 0 Å². The lowest BCUT2D eigenvalue weighted by molar-refractivity contribution is 1.36. The zero-order valence-electron chi connectivity index (χ0n) is 7.00. The molecule has 0 spiro atoms. The summed E-state index contributed by atoms with van der Waals surface area (Å²) >= 11 is 3.41. The average Bonchev–Trinajstić information content (AvgIpc) is 2.18. The van der Waals surface area contributed by atoms with Crippen molar-refractivity contribution in [2.75, 3.05) is 5.73 Å². The second kappa shape index (κ2) is 3.34. The molecule has 0 saturated carbocycles. The molecule has 66 valence electrons. The number of fused-ring (bicyclic) bond motifs is 1. The van der Waals surface area contributed by atoms with Gasteiger partial charge in [0.05, 0.1) is 0 Å². The van der Waals surface area contributed by atoms with E-state index >= 15 is 0 Å². The average molecular weight is 237 g/mol. The Morgan fingerprint density at radius 2 is 2.15 bits per heavy atom. The lowest BCUT2D eigenvalue weighted by atomic mass is 10.1. The monoisotopic (exact) mass is 236 g/mol. The second-order valence-corrected chi connectivity index (χ2v) is 3.45. The number of pyridine rings is 1. The first-order chi connectivity index (χ1) is 6.31. The summed E-state index contributed by atoms with van der Waals surface area (Å²) < 4.78 is 0. The molecule has 0 atom stereocenters. The molecule has 1 aromatic carbocycles. The van der Waals surface area contributed by atoms with Crippen molar-refractivity contribution in [3.63, 3.8) is 0 Å². The van der Waals surface area contributed by atoms with Crippen LogP contribution in [0.1, 0.15) is 5.56 Å². The van der Waals surface area contributed by atoms with Gasteiger partial charge in [-0.05, 0) is 23.1 Å². The minimum Gasteiger partial charge on any atom is -0.383 e. The molecule has 0 aliphatic rings. The predicted molar refractivity (Wildman–Crippen MR) is 58.8 cm³/mol. The van der Waals surface area contributed by atoms with E-state index < -0.39 is 0 Å². The zero-order chi connectivity index (χ0) is 9.26. The molecule has 1 aromatic heterocycles. The van der Waals surface area contributed by atoms with Crippen molar-refractivity contribution < 1.29 is 0 Å². The molecular formula is C10H9BrN2. The molecule has 3 heteroatoms. The van der Waals surface area contributed by atoms with Crippen molar-refractivity contribution in [2.45, 2.75) is 5.33 Å². The fraction of sp³-hybridized carbons (Fsp3) is 0.100. The fourth-order valence-corrected chi connectivity index (χ4v) is 1.67. The van der Waals surface area contributed by atoms with Crippen molar-refractivity contribution in [3.8, 4) is 0 Å². The quantitative estimate of drug-likeness (QED) is 0.774. The maximum absolute atomic E-state index is 5.75. The Morgan fingerprint density at radius 3 is 2.92 bits per heavy atom. The number of nitrogens with two attached hydrogens (primary N) is 1. The van der Waals surface area contributed by atoms with Gasteiger partial charge >= 0.3 is 0 Å². The van der Waals surface area contributed by atoms with Gasteiger partial charge in [-0.15, -0.1) is 0 Å². The van der Waals surface area contributed by atoms with E-state index in [9.17, 15) is 0 Å². The van der Waals surface area contributed by atoms with Gasteiger partial charge in [-0.1, -0.05) is 28.1 Å². The first-order valence-corrected chi connectivity index (χ1v) is 5.12. The molecule has 0 amide bonds. The number of hydrogen-bond donors (Lipinski definition) is 1. The van der Waals surface area contributed by atoms with Crippen LogP contribution in [0.5, 0.6) is 0 Å². The number of rotatable bonds is 1. The number of alkyl halides is 1. The molecular weight excluding hydrogens is 228 g/mol. The maximum atomic E-state index is 5.75. The molecule has 2 nitrogen and oxygen atoms in total. The van der Waals surface area contributed by atoms with Gasteiger partial charge in [-0.25, -0.2) is 4.98 Å². The van der Waals surface area contributed by atoms with Gasteiger partial charge < -0.3 is 5.73 Å². The number of nitrogens with zero attached hydrogens (tertiary/aromatic N) is 1. The molecule has 0 saturated heterocycles. The summed E-state index contributed by atoms with van der Waals surface area (Å²) in [4.78, 5) is 4.05. The van der Waals surface area contributed by atoms with Crippen LogP contribution in [0.3, 0.4) is 0 Å². The first kappa shape index (κ1) is 8.51. The van der Waals surface area contributed by atoms with Crippen LogP contribution in [0.4, 0.5) is 5.82 Å². The predicted octanol–water partition coefficient (Wildman–Crippen LogP) is 2.71. The minimum absolute atomic E-state index is 0.598. The van der Waals surface area contributed by atoms with E-state index in [2.05, 4.69) is 39.1 Å². The van der Waals surface area contributed by atoms with E-state index in [0.29, 0.717) is 5.82 Å². The van der Waals surface area contributed by atoms with Gasteiger partial charge in [0.25, 0.3) is 0 Å². The third kappa shape index (κ3) is 1.52. The number of aromatic nitrogens is 1. The Bertz CT molecular complexity index is 440. The molecule has 2 rings (SSSR count). The molecule has 0 aliphatic carbocycles. The Balaban J connectivity index is 2.74. The molecule has 13 heavy (non-hydrogen) atoms. The molecule has 1 heterocycles. The molecule has 0 aliphatic heterocycles. The van der Waals surface area contributed by atoms with Crippen LogP contribution in [0.25, 0.3) is 10.8 Å². The molecule has 0 bridgehead atoms. The topological polar surface area (TPSA) is 38.9 Å². The van der Waals surface area contributed by atoms with E-state index in [1.54, 1.807) is 6.20 Å². The van der Waals surface area contributed by atoms with E-state index in [0.717, 1.165) is 16.1 Å². The largest absolute Gasteiger partial charge is 0.383 e. The van der Waals surface area contributed by atoms with Crippen LogP contribution >= 0.6 is 15.9 Å². The Morgan fingerprint density at radius 1 is 1.31 bits per heavy atom. The number of benzene rings is 1. The van der Waals surface area contributed by atoms with Crippen molar-refractivity contribution in [3.05, 3.63) is 36.0 Å². The number of hydrogen-bond acceptors (Lipinski definition) is 2. The molecule has 0 unspecified atom stereocenters. The van der Waals surface area contributed by atoms with Gasteiger partial charge in [0, 0.05) is 16.9 Å². The summed E-state index contributed by atoms with van der Waals surface area (Å²) in [5.74, 6) is 0.598. The summed E-state index contributed by atoms with van der Waals surface area (Å²) in [6.07, 6.45) is 1.73. The van der Waals surface area contributed by atoms with E-state index in [1.165, 1.54) is 5.56 Å². The lowest BCUT2D eigenvalue weighted by Crippen LogP contribution is -1.91. The Labute approximate surface area is 84.9 Å². The SMILES string of the molecule is Nc1nccc2ccc(CBr)cc12. The summed E-state index contributed by atoms with van der Waals surface area (Å²) in [5, 5.41) is 3.01. The summed E-state index contributed by atoms with van der Waals surface area (Å²) in [6, 6.07) is 8.16. The maximum Gasteiger partial charge on any atom is 0.131 e. The number of anilines is 1. The number of nitrogen functional groups attached to an aromatic ring is 1. The van der Waals surface area contributed by atoms with Crippen molar-refractivity contribution in [1.82, 2.24) is 4.98 Å². The Hall–Kier alpha value is -1.09. The standard InChI is InChI=1S/C10H9BrN2/c11-6-7-1-2-8-3-4-13-10(12)9(8)5-7/h1-5H,6H2,(H2,12,13). The molecule has 0 fully saturated rings. The van der Waals surface area contributed by atoms with Gasteiger partial charge in [-0.3, -0.25) is 0 Å². The third-order valence-electron chi connectivity index (χ3n) is 2.02. The van der Waals surface area contributed by atoms with Gasteiger partial charge in [-0.2, -0.15) is 0 Å². The van der Waals surface area contributed by atoms with Crippen molar-refractivity contribution >= 4 is 32.5 Å². The van der Waals surface area contributed by atoms with Gasteiger partial charge in [0.15, 0.2) is 0 Å². The van der Waals surface area contributed by atoms with Crippen LogP contribution < -0.4 is 5.73 Å². The van der Waals surface area contributed by atoms with Crippen LogP contribution in [0, 0.1) is 0 Å². The summed E-state index contributed by atoms with van der Waals surface area (Å²) in [5.41, 5.74) is 6.97. The van der Waals surface area contributed by atoms with E-state index in [1.807, 2.05) is 6.07 Å². The Kier molecular flexibility index (Phi) is 2.19. The van der Waals surface area contributed by atoms with Crippen LogP contribution in [-0.2, 0) is 5.33 Å². The third-order valence-corrected chi connectivity index (χ3v) is 2.66. The van der Waals surface area contributed by atoms with Crippen molar-refractivity contribution in [1.29, 1.82) is 0 Å². The molecule has 2 N–H and O–H groups in total. The van der Waals surface area contributed by atoms with E-state index in [4.69, 9.17) is 5.73 Å². The highest BCUT2D eigenvalue weighted by molar-refractivity contribution is 9.08. The highest BCUT2D eigenvalue weighted by Crippen LogP contribution is 2.20. The van der Waals surface area contributed by atoms with Crippen LogP contribution in [-0.4, -0.2) is 4.98 Å². The highest BCUT2D eigenvalue weighted by Gasteiger charge is 1.98.